The molecular formula is C14H17BCl2O2. The molecule has 1 aromatic carbocycles. The van der Waals surface area contributed by atoms with Crippen molar-refractivity contribution in [2.24, 2.45) is 0 Å². The Hall–Kier alpha value is -0.475. The Kier molecular flexibility index (Phi) is 3.78. The molecule has 1 aromatic rings. The summed E-state index contributed by atoms with van der Waals surface area (Å²) in [6.45, 7) is 12.0. The van der Waals surface area contributed by atoms with E-state index in [1.807, 2.05) is 27.7 Å². The van der Waals surface area contributed by atoms with Gasteiger partial charge in [-0.1, -0.05) is 29.8 Å². The zero-order chi connectivity index (χ0) is 14.4. The van der Waals surface area contributed by atoms with E-state index < -0.39 is 18.3 Å². The number of benzene rings is 1. The van der Waals surface area contributed by atoms with Gasteiger partial charge in [0.2, 0.25) is 0 Å². The Morgan fingerprint density at radius 1 is 1.11 bits per heavy atom. The van der Waals surface area contributed by atoms with Crippen LogP contribution in [0.2, 0.25) is 10.0 Å². The highest BCUT2D eigenvalue weighted by atomic mass is 35.5. The molecular weight excluding hydrogens is 282 g/mol. The maximum atomic E-state index is 6.18. The molecule has 0 aromatic heterocycles. The fourth-order valence-corrected chi connectivity index (χ4v) is 2.27. The number of rotatable bonds is 2. The van der Waals surface area contributed by atoms with E-state index in [4.69, 9.17) is 32.5 Å². The van der Waals surface area contributed by atoms with Gasteiger partial charge in [0.05, 0.1) is 11.2 Å². The van der Waals surface area contributed by atoms with Crippen molar-refractivity contribution in [3.63, 3.8) is 0 Å². The van der Waals surface area contributed by atoms with Crippen LogP contribution in [0.4, 0.5) is 0 Å². The smallest absolute Gasteiger partial charge is 0.399 e. The van der Waals surface area contributed by atoms with Crippen molar-refractivity contribution in [1.82, 2.24) is 0 Å². The zero-order valence-corrected chi connectivity index (χ0v) is 13.1. The molecule has 5 heteroatoms. The largest absolute Gasteiger partial charge is 0.494 e. The number of halogens is 2. The van der Waals surface area contributed by atoms with Gasteiger partial charge in [0.1, 0.15) is 0 Å². The lowest BCUT2D eigenvalue weighted by molar-refractivity contribution is 0.00578. The van der Waals surface area contributed by atoms with Gasteiger partial charge in [0, 0.05) is 10.0 Å². The molecule has 0 aliphatic carbocycles. The van der Waals surface area contributed by atoms with Gasteiger partial charge in [-0.3, -0.25) is 0 Å². The third-order valence-corrected chi connectivity index (χ3v) is 4.38. The molecule has 0 unspecified atom stereocenters. The quantitative estimate of drug-likeness (QED) is 0.741. The first-order valence-corrected chi connectivity index (χ1v) is 6.89. The highest BCUT2D eigenvalue weighted by Gasteiger charge is 2.52. The Morgan fingerprint density at radius 2 is 1.63 bits per heavy atom. The van der Waals surface area contributed by atoms with Crippen molar-refractivity contribution in [2.75, 3.05) is 0 Å². The molecule has 1 aliphatic rings. The monoisotopic (exact) mass is 298 g/mol. The van der Waals surface area contributed by atoms with Crippen LogP contribution >= 0.6 is 23.2 Å². The Morgan fingerprint density at radius 3 is 2.16 bits per heavy atom. The minimum Gasteiger partial charge on any atom is -0.399 e. The number of hydrogen-bond acceptors (Lipinski definition) is 2. The van der Waals surface area contributed by atoms with Crippen LogP contribution in [-0.4, -0.2) is 18.3 Å². The zero-order valence-electron chi connectivity index (χ0n) is 11.6. The fourth-order valence-electron chi connectivity index (χ4n) is 1.86. The van der Waals surface area contributed by atoms with E-state index in [0.29, 0.717) is 15.5 Å². The molecule has 1 aliphatic heterocycles. The molecule has 0 N–H and O–H groups in total. The van der Waals surface area contributed by atoms with Crippen LogP contribution in [0, 0.1) is 0 Å². The first kappa shape index (κ1) is 14.9. The molecule has 0 atom stereocenters. The van der Waals surface area contributed by atoms with Crippen molar-refractivity contribution in [3.05, 3.63) is 40.4 Å². The van der Waals surface area contributed by atoms with Crippen molar-refractivity contribution in [1.29, 1.82) is 0 Å². The van der Waals surface area contributed by atoms with Crippen molar-refractivity contribution in [3.8, 4) is 0 Å². The normalized spacial score (nSPS) is 20.6. The maximum Gasteiger partial charge on any atom is 0.494 e. The van der Waals surface area contributed by atoms with E-state index in [0.717, 1.165) is 5.56 Å². The standard InChI is InChI=1S/C14H17BCl2O2/c1-9(11-8-10(16)6-7-12(11)17)15-18-13(2,3)14(4,5)19-15/h6-8H,1H2,2-5H3. The minimum atomic E-state index is -0.513. The summed E-state index contributed by atoms with van der Waals surface area (Å²) in [5.74, 6) is 0. The van der Waals surface area contributed by atoms with Crippen LogP contribution in [-0.2, 0) is 9.31 Å². The van der Waals surface area contributed by atoms with E-state index in [1.54, 1.807) is 18.2 Å². The van der Waals surface area contributed by atoms with Gasteiger partial charge < -0.3 is 9.31 Å². The van der Waals surface area contributed by atoms with Gasteiger partial charge in [-0.2, -0.15) is 0 Å². The Bertz CT molecular complexity index is 510. The first-order chi connectivity index (χ1) is 8.64. The molecule has 0 spiro atoms. The average Bonchev–Trinajstić information content (AvgIpc) is 2.51. The summed E-state index contributed by atoms with van der Waals surface area (Å²) in [6, 6.07) is 5.26. The molecule has 0 saturated carbocycles. The van der Waals surface area contributed by atoms with Crippen molar-refractivity contribution < 1.29 is 9.31 Å². The molecule has 1 heterocycles. The number of hydrogen-bond donors (Lipinski definition) is 0. The van der Waals surface area contributed by atoms with Crippen LogP contribution in [0.3, 0.4) is 0 Å². The average molecular weight is 299 g/mol. The second kappa shape index (κ2) is 4.82. The van der Waals surface area contributed by atoms with E-state index in [9.17, 15) is 0 Å². The van der Waals surface area contributed by atoms with E-state index in [1.165, 1.54) is 0 Å². The molecule has 2 nitrogen and oxygen atoms in total. The molecule has 0 amide bonds. The Labute approximate surface area is 124 Å². The summed E-state index contributed by atoms with van der Waals surface area (Å²) in [7, 11) is -0.513. The molecule has 1 fully saturated rings. The molecule has 19 heavy (non-hydrogen) atoms. The first-order valence-electron chi connectivity index (χ1n) is 6.14. The van der Waals surface area contributed by atoms with E-state index in [-0.39, 0.29) is 0 Å². The lowest BCUT2D eigenvalue weighted by Crippen LogP contribution is -2.41. The van der Waals surface area contributed by atoms with Crippen molar-refractivity contribution in [2.45, 2.75) is 38.9 Å². The van der Waals surface area contributed by atoms with Crippen LogP contribution in [0.15, 0.2) is 24.8 Å². The molecule has 2 rings (SSSR count). The van der Waals surface area contributed by atoms with Gasteiger partial charge in [-0.15, -0.1) is 0 Å². The second-order valence-electron chi connectivity index (χ2n) is 5.74. The highest BCUT2D eigenvalue weighted by Crippen LogP contribution is 2.41. The Balaban J connectivity index is 2.30. The van der Waals surface area contributed by atoms with Gasteiger partial charge in [0.25, 0.3) is 0 Å². The summed E-state index contributed by atoms with van der Waals surface area (Å²) in [5.41, 5.74) is 0.649. The van der Waals surface area contributed by atoms with Crippen LogP contribution in [0.25, 0.3) is 5.47 Å². The third-order valence-electron chi connectivity index (χ3n) is 3.81. The van der Waals surface area contributed by atoms with E-state index >= 15 is 0 Å². The van der Waals surface area contributed by atoms with Gasteiger partial charge in [-0.25, -0.2) is 0 Å². The molecule has 0 bridgehead atoms. The lowest BCUT2D eigenvalue weighted by Gasteiger charge is -2.32. The highest BCUT2D eigenvalue weighted by molar-refractivity contribution is 6.69. The SMILES string of the molecule is C=C(B1OC(C)(C)C(C)(C)O1)c1cc(Cl)ccc1Cl. The maximum absolute atomic E-state index is 6.18. The predicted octanol–water partition coefficient (Wildman–Crippen LogP) is 4.64. The lowest BCUT2D eigenvalue weighted by atomic mass is 9.75. The minimum absolute atomic E-state index is 0.397. The predicted molar refractivity (Wildman–Crippen MR) is 81.6 cm³/mol. The van der Waals surface area contributed by atoms with Gasteiger partial charge in [-0.05, 0) is 56.9 Å². The molecule has 0 radical (unpaired) electrons. The van der Waals surface area contributed by atoms with Crippen LogP contribution in [0.1, 0.15) is 33.3 Å². The van der Waals surface area contributed by atoms with Crippen LogP contribution in [0.5, 0.6) is 0 Å². The topological polar surface area (TPSA) is 18.5 Å². The van der Waals surface area contributed by atoms with Gasteiger partial charge in [0.15, 0.2) is 0 Å². The summed E-state index contributed by atoms with van der Waals surface area (Å²) in [4.78, 5) is 0. The molecule has 102 valence electrons. The van der Waals surface area contributed by atoms with Crippen molar-refractivity contribution >= 4 is 35.8 Å². The second-order valence-corrected chi connectivity index (χ2v) is 6.58. The van der Waals surface area contributed by atoms with Gasteiger partial charge >= 0.3 is 7.12 Å². The van der Waals surface area contributed by atoms with E-state index in [2.05, 4.69) is 6.58 Å². The molecule has 1 saturated heterocycles. The fraction of sp³-hybridized carbons (Fsp3) is 0.429. The summed E-state index contributed by atoms with van der Waals surface area (Å²) in [6.07, 6.45) is 0. The summed E-state index contributed by atoms with van der Waals surface area (Å²) in [5, 5.41) is 1.20. The summed E-state index contributed by atoms with van der Waals surface area (Å²) >= 11 is 12.2. The summed E-state index contributed by atoms with van der Waals surface area (Å²) < 4.78 is 11.9. The third kappa shape index (κ3) is 2.70. The van der Waals surface area contributed by atoms with Crippen LogP contribution < -0.4 is 0 Å².